The van der Waals surface area contributed by atoms with Crippen LogP contribution in [0.25, 0.3) is 0 Å². The van der Waals surface area contributed by atoms with Crippen molar-refractivity contribution in [1.29, 1.82) is 0 Å². The summed E-state index contributed by atoms with van der Waals surface area (Å²) in [4.78, 5) is 8.84. The molecule has 4 nitrogen and oxygen atoms in total. The van der Waals surface area contributed by atoms with Crippen LogP contribution >= 0.6 is 0 Å². The van der Waals surface area contributed by atoms with Gasteiger partial charge < -0.3 is 10.1 Å². The Morgan fingerprint density at radius 3 is 2.65 bits per heavy atom. The van der Waals surface area contributed by atoms with E-state index >= 15 is 0 Å². The fraction of sp³-hybridized carbons (Fsp3) is 0.750. The van der Waals surface area contributed by atoms with Crippen LogP contribution in [-0.2, 0) is 0 Å². The van der Waals surface area contributed by atoms with Crippen LogP contribution in [0.2, 0.25) is 0 Å². The van der Waals surface area contributed by atoms with E-state index < -0.39 is 0 Å². The Balaban J connectivity index is 2.47. The van der Waals surface area contributed by atoms with Gasteiger partial charge in [-0.05, 0) is 26.7 Å². The predicted molar refractivity (Wildman–Crippen MR) is 84.4 cm³/mol. The van der Waals surface area contributed by atoms with Gasteiger partial charge in [-0.2, -0.15) is 4.98 Å². The first kappa shape index (κ1) is 16.7. The summed E-state index contributed by atoms with van der Waals surface area (Å²) < 4.78 is 5.58. The van der Waals surface area contributed by atoms with Gasteiger partial charge in [0.15, 0.2) is 0 Å². The van der Waals surface area contributed by atoms with Crippen LogP contribution < -0.4 is 10.1 Å². The zero-order valence-corrected chi connectivity index (χ0v) is 13.4. The molecule has 4 heteroatoms. The van der Waals surface area contributed by atoms with Crippen molar-refractivity contribution in [3.8, 4) is 5.88 Å². The van der Waals surface area contributed by atoms with Gasteiger partial charge in [-0.3, -0.25) is 0 Å². The molecule has 1 heterocycles. The first-order chi connectivity index (χ1) is 9.65. The van der Waals surface area contributed by atoms with E-state index in [1.54, 1.807) is 0 Å². The minimum absolute atomic E-state index is 0.396. The van der Waals surface area contributed by atoms with Crippen molar-refractivity contribution in [3.05, 3.63) is 11.8 Å². The maximum atomic E-state index is 5.58. The van der Waals surface area contributed by atoms with Gasteiger partial charge in [0.05, 0.1) is 6.61 Å². The van der Waals surface area contributed by atoms with E-state index in [9.17, 15) is 0 Å². The summed E-state index contributed by atoms with van der Waals surface area (Å²) in [5, 5.41) is 3.37. The van der Waals surface area contributed by atoms with Gasteiger partial charge in [-0.15, -0.1) is 0 Å². The Kier molecular flexibility index (Phi) is 8.00. The Labute approximate surface area is 123 Å². The van der Waals surface area contributed by atoms with Crippen LogP contribution in [0.15, 0.2) is 6.07 Å². The van der Waals surface area contributed by atoms with Crippen LogP contribution in [0.1, 0.15) is 65.0 Å². The zero-order valence-electron chi connectivity index (χ0n) is 13.4. The van der Waals surface area contributed by atoms with Gasteiger partial charge >= 0.3 is 0 Å². The highest BCUT2D eigenvalue weighted by atomic mass is 16.5. The molecule has 0 aliphatic carbocycles. The first-order valence-corrected chi connectivity index (χ1v) is 7.90. The highest BCUT2D eigenvalue weighted by molar-refractivity contribution is 5.31. The fourth-order valence-corrected chi connectivity index (χ4v) is 2.05. The Bertz CT molecular complexity index is 382. The molecule has 1 unspecified atom stereocenters. The number of ether oxygens (including phenoxy) is 1. The molecule has 0 aromatic carbocycles. The SMILES string of the molecule is CCCCCCC(C)Nc1nc(C)cc(OCCC)n1. The molecule has 0 aliphatic heterocycles. The van der Waals surface area contributed by atoms with E-state index in [1.165, 1.54) is 25.7 Å². The maximum absolute atomic E-state index is 5.58. The molecule has 20 heavy (non-hydrogen) atoms. The molecular formula is C16H29N3O. The number of aromatic nitrogens is 2. The monoisotopic (exact) mass is 279 g/mol. The Morgan fingerprint density at radius 2 is 1.95 bits per heavy atom. The van der Waals surface area contributed by atoms with Crippen molar-refractivity contribution in [2.24, 2.45) is 0 Å². The van der Waals surface area contributed by atoms with Gasteiger partial charge in [0.1, 0.15) is 0 Å². The molecule has 0 bridgehead atoms. The Hall–Kier alpha value is -1.32. The third-order valence-electron chi connectivity index (χ3n) is 3.15. The van der Waals surface area contributed by atoms with Gasteiger partial charge in [0.25, 0.3) is 0 Å². The second kappa shape index (κ2) is 9.56. The number of unbranched alkanes of at least 4 members (excludes halogenated alkanes) is 3. The molecule has 0 fully saturated rings. The highest BCUT2D eigenvalue weighted by Gasteiger charge is 2.07. The van der Waals surface area contributed by atoms with Crippen LogP contribution in [0.3, 0.4) is 0 Å². The first-order valence-electron chi connectivity index (χ1n) is 7.90. The average Bonchev–Trinajstić information content (AvgIpc) is 2.41. The van der Waals surface area contributed by atoms with Gasteiger partial charge in [-0.25, -0.2) is 4.98 Å². The number of rotatable bonds is 10. The largest absolute Gasteiger partial charge is 0.478 e. The lowest BCUT2D eigenvalue weighted by Crippen LogP contribution is -2.17. The lowest BCUT2D eigenvalue weighted by Gasteiger charge is -2.14. The molecule has 0 radical (unpaired) electrons. The smallest absolute Gasteiger partial charge is 0.226 e. The third-order valence-corrected chi connectivity index (χ3v) is 3.15. The summed E-state index contributed by atoms with van der Waals surface area (Å²) in [6, 6.07) is 2.28. The average molecular weight is 279 g/mol. The van der Waals surface area contributed by atoms with Gasteiger partial charge in [0, 0.05) is 17.8 Å². The van der Waals surface area contributed by atoms with Crippen LogP contribution in [-0.4, -0.2) is 22.6 Å². The van der Waals surface area contributed by atoms with Crippen molar-refractivity contribution >= 4 is 5.95 Å². The maximum Gasteiger partial charge on any atom is 0.226 e. The number of nitrogens with one attached hydrogen (secondary N) is 1. The highest BCUT2D eigenvalue weighted by Crippen LogP contribution is 2.14. The summed E-state index contributed by atoms with van der Waals surface area (Å²) in [5.41, 5.74) is 0.937. The number of hydrogen-bond donors (Lipinski definition) is 1. The van der Waals surface area contributed by atoms with E-state index in [1.807, 2.05) is 13.0 Å². The summed E-state index contributed by atoms with van der Waals surface area (Å²) in [6.07, 6.45) is 7.31. The van der Waals surface area contributed by atoms with E-state index in [4.69, 9.17) is 4.74 Å². The van der Waals surface area contributed by atoms with Crippen molar-refractivity contribution in [2.45, 2.75) is 72.3 Å². The van der Waals surface area contributed by atoms with Crippen LogP contribution in [0.5, 0.6) is 5.88 Å². The standard InChI is InChI=1S/C16H29N3O/c1-5-7-8-9-10-13(3)17-16-18-14(4)12-15(19-16)20-11-6-2/h12-13H,5-11H2,1-4H3,(H,17,18,19). The molecule has 1 rings (SSSR count). The topological polar surface area (TPSA) is 47.0 Å². The molecule has 0 spiro atoms. The fourth-order valence-electron chi connectivity index (χ4n) is 2.05. The van der Waals surface area contributed by atoms with Gasteiger partial charge in [-0.1, -0.05) is 39.5 Å². The zero-order chi connectivity index (χ0) is 14.8. The summed E-state index contributed by atoms with van der Waals surface area (Å²) >= 11 is 0. The van der Waals surface area contributed by atoms with Crippen LogP contribution in [0.4, 0.5) is 5.95 Å². The molecule has 1 aromatic rings. The van der Waals surface area contributed by atoms with E-state index in [0.717, 1.165) is 18.5 Å². The molecule has 1 atom stereocenters. The van der Waals surface area contributed by atoms with Crippen LogP contribution in [0, 0.1) is 6.92 Å². The summed E-state index contributed by atoms with van der Waals surface area (Å²) in [5.74, 6) is 1.35. The normalized spacial score (nSPS) is 12.2. The van der Waals surface area contributed by atoms with Crippen molar-refractivity contribution in [1.82, 2.24) is 9.97 Å². The lowest BCUT2D eigenvalue weighted by molar-refractivity contribution is 0.305. The molecule has 0 saturated carbocycles. The minimum Gasteiger partial charge on any atom is -0.478 e. The van der Waals surface area contributed by atoms with Crippen molar-refractivity contribution in [2.75, 3.05) is 11.9 Å². The summed E-state index contributed by atoms with van der Waals surface area (Å²) in [6.45, 7) is 9.18. The molecule has 1 aromatic heterocycles. The second-order valence-electron chi connectivity index (χ2n) is 5.41. The minimum atomic E-state index is 0.396. The number of nitrogens with zero attached hydrogens (tertiary/aromatic N) is 2. The molecule has 0 aliphatic rings. The molecular weight excluding hydrogens is 250 g/mol. The van der Waals surface area contributed by atoms with Crippen molar-refractivity contribution in [3.63, 3.8) is 0 Å². The Morgan fingerprint density at radius 1 is 1.15 bits per heavy atom. The van der Waals surface area contributed by atoms with E-state index in [2.05, 4.69) is 36.1 Å². The van der Waals surface area contributed by atoms with E-state index in [-0.39, 0.29) is 0 Å². The second-order valence-corrected chi connectivity index (χ2v) is 5.41. The molecule has 0 amide bonds. The third kappa shape index (κ3) is 6.73. The van der Waals surface area contributed by atoms with Crippen molar-refractivity contribution < 1.29 is 4.74 Å². The lowest BCUT2D eigenvalue weighted by atomic mass is 10.1. The molecule has 114 valence electrons. The van der Waals surface area contributed by atoms with Gasteiger partial charge in [0.2, 0.25) is 11.8 Å². The number of hydrogen-bond acceptors (Lipinski definition) is 4. The number of aryl methyl sites for hydroxylation is 1. The molecule has 0 saturated heterocycles. The molecule has 1 N–H and O–H groups in total. The summed E-state index contributed by atoms with van der Waals surface area (Å²) in [7, 11) is 0. The van der Waals surface area contributed by atoms with E-state index in [0.29, 0.717) is 24.5 Å². The quantitative estimate of drug-likeness (QED) is 0.647. The predicted octanol–water partition coefficient (Wildman–Crippen LogP) is 4.34. The number of anilines is 1.